The minimum atomic E-state index is -0.193. The number of halogens is 1. The number of hydrogen-bond donors (Lipinski definition) is 2. The van der Waals surface area contributed by atoms with E-state index in [1.54, 1.807) is 13.0 Å². The van der Waals surface area contributed by atoms with E-state index in [0.717, 1.165) is 37.2 Å². The van der Waals surface area contributed by atoms with Crippen LogP contribution in [0.4, 0.5) is 10.1 Å². The number of benzene rings is 1. The van der Waals surface area contributed by atoms with Crippen LogP contribution in [-0.2, 0) is 0 Å². The van der Waals surface area contributed by atoms with Gasteiger partial charge in [-0.05, 0) is 55.9 Å². The maximum absolute atomic E-state index is 13.7. The molecule has 0 saturated carbocycles. The van der Waals surface area contributed by atoms with Gasteiger partial charge in [0.25, 0.3) is 0 Å². The number of rotatable bonds is 3. The summed E-state index contributed by atoms with van der Waals surface area (Å²) < 4.78 is 13.7. The topological polar surface area (TPSA) is 49.5 Å². The van der Waals surface area contributed by atoms with Crippen molar-refractivity contribution in [2.24, 2.45) is 11.7 Å². The Morgan fingerprint density at radius 1 is 1.42 bits per heavy atom. The molecule has 1 saturated heterocycles. The zero-order chi connectivity index (χ0) is 14.0. The molecular weight excluding hydrogens is 243 g/mol. The first-order chi connectivity index (χ1) is 9.02. The van der Waals surface area contributed by atoms with Crippen LogP contribution in [0.2, 0.25) is 0 Å². The minimum Gasteiger partial charge on any atom is -0.396 e. The van der Waals surface area contributed by atoms with Crippen LogP contribution < -0.4 is 10.6 Å². The van der Waals surface area contributed by atoms with Crippen molar-refractivity contribution in [1.29, 1.82) is 0 Å². The normalized spacial score (nSPS) is 18.7. The van der Waals surface area contributed by atoms with Crippen LogP contribution in [0, 0.1) is 18.7 Å². The Morgan fingerprint density at radius 2 is 2.05 bits per heavy atom. The molecule has 0 amide bonds. The molecule has 1 aliphatic rings. The second-order valence-corrected chi connectivity index (χ2v) is 5.56. The third kappa shape index (κ3) is 3.07. The highest BCUT2D eigenvalue weighted by molar-refractivity contribution is 5.57. The lowest BCUT2D eigenvalue weighted by Gasteiger charge is -2.35. The number of aryl methyl sites for hydroxylation is 1. The molecule has 4 heteroatoms. The van der Waals surface area contributed by atoms with E-state index in [2.05, 4.69) is 4.90 Å². The van der Waals surface area contributed by atoms with Gasteiger partial charge in [-0.1, -0.05) is 0 Å². The molecule has 0 spiro atoms. The first-order valence-corrected chi connectivity index (χ1v) is 6.94. The average molecular weight is 266 g/mol. The molecule has 1 fully saturated rings. The monoisotopic (exact) mass is 266 g/mol. The molecule has 0 aliphatic carbocycles. The van der Waals surface area contributed by atoms with Crippen LogP contribution in [0.15, 0.2) is 12.1 Å². The summed E-state index contributed by atoms with van der Waals surface area (Å²) in [6.45, 7) is 5.72. The molecule has 106 valence electrons. The van der Waals surface area contributed by atoms with Crippen molar-refractivity contribution in [3.63, 3.8) is 0 Å². The summed E-state index contributed by atoms with van der Waals surface area (Å²) in [5.41, 5.74) is 8.53. The second-order valence-electron chi connectivity index (χ2n) is 5.56. The maximum Gasteiger partial charge on any atom is 0.126 e. The second kappa shape index (κ2) is 5.88. The minimum absolute atomic E-state index is 0.180. The Labute approximate surface area is 114 Å². The average Bonchev–Trinajstić information content (AvgIpc) is 2.41. The molecule has 3 N–H and O–H groups in total. The molecule has 0 radical (unpaired) electrons. The van der Waals surface area contributed by atoms with Gasteiger partial charge in [0.1, 0.15) is 5.82 Å². The zero-order valence-electron chi connectivity index (χ0n) is 11.7. The lowest BCUT2D eigenvalue weighted by atomic mass is 9.95. The SMILES string of the molecule is Cc1cc(N2CCC(CO)CC2)c(C(C)N)cc1F. The summed E-state index contributed by atoms with van der Waals surface area (Å²) in [6, 6.07) is 3.28. The van der Waals surface area contributed by atoms with Crippen LogP contribution in [0.1, 0.15) is 36.9 Å². The standard InChI is InChI=1S/C15H23FN2O/c1-10-7-15(13(11(2)17)8-14(10)16)18-5-3-12(9-19)4-6-18/h7-8,11-12,19H,3-6,9,17H2,1-2H3. The molecule has 1 heterocycles. The molecule has 1 atom stereocenters. The Bertz CT molecular complexity index is 440. The van der Waals surface area contributed by atoms with Crippen LogP contribution >= 0.6 is 0 Å². The molecule has 19 heavy (non-hydrogen) atoms. The molecule has 1 aliphatic heterocycles. The van der Waals surface area contributed by atoms with Crippen LogP contribution in [-0.4, -0.2) is 24.8 Å². The van der Waals surface area contributed by atoms with Gasteiger partial charge in [-0.15, -0.1) is 0 Å². The molecule has 0 aromatic heterocycles. The predicted molar refractivity (Wildman–Crippen MR) is 75.8 cm³/mol. The smallest absolute Gasteiger partial charge is 0.126 e. The molecule has 1 aromatic carbocycles. The first-order valence-electron chi connectivity index (χ1n) is 6.94. The number of hydrogen-bond acceptors (Lipinski definition) is 3. The lowest BCUT2D eigenvalue weighted by molar-refractivity contribution is 0.203. The van der Waals surface area contributed by atoms with E-state index < -0.39 is 0 Å². The molecule has 0 bridgehead atoms. The summed E-state index contributed by atoms with van der Waals surface area (Å²) in [5.74, 6) is 0.206. The Hall–Kier alpha value is -1.13. The van der Waals surface area contributed by atoms with E-state index in [-0.39, 0.29) is 18.5 Å². The number of nitrogens with zero attached hydrogens (tertiary/aromatic N) is 1. The van der Waals surface area contributed by atoms with Crippen molar-refractivity contribution in [3.05, 3.63) is 29.1 Å². The van der Waals surface area contributed by atoms with Crippen molar-refractivity contribution in [2.45, 2.75) is 32.7 Å². The predicted octanol–water partition coefficient (Wildman–Crippen LogP) is 2.36. The van der Waals surface area contributed by atoms with Gasteiger partial charge in [-0.3, -0.25) is 0 Å². The van der Waals surface area contributed by atoms with Gasteiger partial charge < -0.3 is 15.7 Å². The summed E-state index contributed by atoms with van der Waals surface area (Å²) >= 11 is 0. The summed E-state index contributed by atoms with van der Waals surface area (Å²) in [5, 5.41) is 9.18. The fraction of sp³-hybridized carbons (Fsp3) is 0.600. The molecule has 1 unspecified atom stereocenters. The quantitative estimate of drug-likeness (QED) is 0.883. The third-order valence-corrected chi connectivity index (χ3v) is 4.01. The molecule has 2 rings (SSSR count). The highest BCUT2D eigenvalue weighted by Gasteiger charge is 2.22. The highest BCUT2D eigenvalue weighted by Crippen LogP contribution is 2.31. The lowest BCUT2D eigenvalue weighted by Crippen LogP contribution is -2.35. The van der Waals surface area contributed by atoms with Crippen LogP contribution in [0.3, 0.4) is 0 Å². The van der Waals surface area contributed by atoms with E-state index in [0.29, 0.717) is 11.5 Å². The number of nitrogens with two attached hydrogens (primary N) is 1. The Morgan fingerprint density at radius 3 is 2.58 bits per heavy atom. The van der Waals surface area contributed by atoms with Gasteiger partial charge in [0.2, 0.25) is 0 Å². The van der Waals surface area contributed by atoms with Crippen molar-refractivity contribution >= 4 is 5.69 Å². The van der Waals surface area contributed by atoms with Gasteiger partial charge in [0.15, 0.2) is 0 Å². The maximum atomic E-state index is 13.7. The van der Waals surface area contributed by atoms with Gasteiger partial charge in [0.05, 0.1) is 0 Å². The summed E-state index contributed by atoms with van der Waals surface area (Å²) in [7, 11) is 0. The molecule has 3 nitrogen and oxygen atoms in total. The molecule has 1 aromatic rings. The van der Waals surface area contributed by atoms with Crippen LogP contribution in [0.25, 0.3) is 0 Å². The van der Waals surface area contributed by atoms with E-state index in [1.165, 1.54) is 0 Å². The Kier molecular flexibility index (Phi) is 4.42. The van der Waals surface area contributed by atoms with E-state index >= 15 is 0 Å². The number of aliphatic hydroxyl groups is 1. The fourth-order valence-electron chi connectivity index (χ4n) is 2.68. The Balaban J connectivity index is 2.26. The van der Waals surface area contributed by atoms with Gasteiger partial charge in [0, 0.05) is 31.4 Å². The van der Waals surface area contributed by atoms with Crippen molar-refractivity contribution in [1.82, 2.24) is 0 Å². The number of aliphatic hydroxyl groups excluding tert-OH is 1. The largest absolute Gasteiger partial charge is 0.396 e. The molecular formula is C15H23FN2O. The van der Waals surface area contributed by atoms with E-state index in [4.69, 9.17) is 5.73 Å². The van der Waals surface area contributed by atoms with Gasteiger partial charge in [-0.2, -0.15) is 0 Å². The van der Waals surface area contributed by atoms with Crippen molar-refractivity contribution < 1.29 is 9.50 Å². The van der Waals surface area contributed by atoms with Gasteiger partial charge >= 0.3 is 0 Å². The number of anilines is 1. The fourth-order valence-corrected chi connectivity index (χ4v) is 2.68. The summed E-state index contributed by atoms with van der Waals surface area (Å²) in [4.78, 5) is 2.26. The highest BCUT2D eigenvalue weighted by atomic mass is 19.1. The third-order valence-electron chi connectivity index (χ3n) is 4.01. The summed E-state index contributed by atoms with van der Waals surface area (Å²) in [6.07, 6.45) is 1.95. The first kappa shape index (κ1) is 14.3. The van der Waals surface area contributed by atoms with Gasteiger partial charge in [-0.25, -0.2) is 4.39 Å². The zero-order valence-corrected chi connectivity index (χ0v) is 11.7. The van der Waals surface area contributed by atoms with E-state index in [9.17, 15) is 9.50 Å². The van der Waals surface area contributed by atoms with Crippen LogP contribution in [0.5, 0.6) is 0 Å². The van der Waals surface area contributed by atoms with E-state index in [1.807, 2.05) is 13.0 Å². The number of piperidine rings is 1. The van der Waals surface area contributed by atoms with Crippen molar-refractivity contribution in [3.8, 4) is 0 Å². The van der Waals surface area contributed by atoms with Crippen molar-refractivity contribution in [2.75, 3.05) is 24.6 Å².